The molecule has 1 heterocycles. The van der Waals surface area contributed by atoms with Crippen molar-refractivity contribution in [2.75, 3.05) is 12.5 Å². The van der Waals surface area contributed by atoms with E-state index in [1.165, 1.54) is 16.7 Å². The van der Waals surface area contributed by atoms with Crippen molar-refractivity contribution in [1.29, 1.82) is 0 Å². The number of aliphatic hydroxyl groups is 3. The molecule has 1 saturated heterocycles. The third kappa shape index (κ3) is 7.33. The number of amides is 3. The third-order valence-corrected chi connectivity index (χ3v) is 9.73. The predicted octanol–water partition coefficient (Wildman–Crippen LogP) is 2.10. The molecule has 11 heteroatoms. The van der Waals surface area contributed by atoms with Gasteiger partial charge < -0.3 is 35.6 Å². The van der Waals surface area contributed by atoms with Crippen molar-refractivity contribution in [3.8, 4) is 5.75 Å². The van der Waals surface area contributed by atoms with E-state index >= 15 is 0 Å². The molecule has 0 aromatic heterocycles. The molecule has 0 unspecified atom stereocenters. The Morgan fingerprint density at radius 3 is 2.47 bits per heavy atom. The van der Waals surface area contributed by atoms with Crippen LogP contribution in [-0.2, 0) is 33.8 Å². The minimum Gasteiger partial charge on any atom is -0.483 e. The summed E-state index contributed by atoms with van der Waals surface area (Å²) < 4.78 is 4.94. The van der Waals surface area contributed by atoms with E-state index in [0.29, 0.717) is 17.7 Å². The summed E-state index contributed by atoms with van der Waals surface area (Å²) in [6.07, 6.45) is -1.89. The molecule has 5 atom stereocenters. The second-order valence-corrected chi connectivity index (χ2v) is 13.5. The number of thioether (sulfide) groups is 1. The van der Waals surface area contributed by atoms with Crippen LogP contribution in [0, 0.1) is 0 Å². The molecule has 3 aromatic rings. The molecule has 5 rings (SSSR count). The van der Waals surface area contributed by atoms with E-state index < -0.39 is 59.4 Å². The summed E-state index contributed by atoms with van der Waals surface area (Å²) in [5, 5.41) is 37.5. The number of carbonyl (C=O) groups is 3. The summed E-state index contributed by atoms with van der Waals surface area (Å²) in [6, 6.07) is 20.9. The smallest absolute Gasteiger partial charge is 0.258 e. The Kier molecular flexibility index (Phi) is 10.1. The van der Waals surface area contributed by atoms with Crippen LogP contribution in [0.4, 0.5) is 0 Å². The maximum absolute atomic E-state index is 13.9. The van der Waals surface area contributed by atoms with Crippen LogP contribution in [0.1, 0.15) is 42.1 Å². The van der Waals surface area contributed by atoms with Gasteiger partial charge in [-0.1, -0.05) is 72.8 Å². The summed E-state index contributed by atoms with van der Waals surface area (Å²) >= 11 is 1.42. The minimum atomic E-state index is -1.67. The zero-order chi connectivity index (χ0) is 32.1. The van der Waals surface area contributed by atoms with Gasteiger partial charge in [-0.2, -0.15) is 0 Å². The van der Waals surface area contributed by atoms with Crippen molar-refractivity contribution >= 4 is 29.5 Å². The highest BCUT2D eigenvalue weighted by molar-refractivity contribution is 8.00. The lowest BCUT2D eigenvalue weighted by Crippen LogP contribution is -2.59. The number of hydrogen-bond acceptors (Lipinski definition) is 8. The number of nitrogens with zero attached hydrogens (tertiary/aromatic N) is 1. The molecule has 10 nitrogen and oxygen atoms in total. The number of fused-ring (bicyclic) bond motifs is 1. The van der Waals surface area contributed by atoms with Crippen molar-refractivity contribution in [3.05, 3.63) is 101 Å². The van der Waals surface area contributed by atoms with Gasteiger partial charge in [0.2, 0.25) is 5.91 Å². The van der Waals surface area contributed by atoms with Gasteiger partial charge >= 0.3 is 0 Å². The molecule has 0 spiro atoms. The second kappa shape index (κ2) is 14.0. The van der Waals surface area contributed by atoms with Crippen molar-refractivity contribution in [2.45, 2.75) is 68.4 Å². The van der Waals surface area contributed by atoms with Crippen LogP contribution < -0.4 is 15.4 Å². The van der Waals surface area contributed by atoms with Crippen LogP contribution in [0.25, 0.3) is 0 Å². The van der Waals surface area contributed by atoms with E-state index in [-0.39, 0.29) is 18.9 Å². The Balaban J connectivity index is 1.32. The SMILES string of the molecule is CC1(C)SCN(C(=O)[C@@H](O)[C@H](Cc2ccccc2)NC(=O)COc2ccccc2CO)[C@@H]1C(=O)N[C@H]1c2ccccc2C[C@H]1O. The predicted molar refractivity (Wildman–Crippen MR) is 170 cm³/mol. The highest BCUT2D eigenvalue weighted by Crippen LogP contribution is 2.41. The summed E-state index contributed by atoms with van der Waals surface area (Å²) in [4.78, 5) is 42.1. The van der Waals surface area contributed by atoms with Crippen molar-refractivity contribution < 1.29 is 34.4 Å². The third-order valence-electron chi connectivity index (χ3n) is 8.36. The molecule has 0 radical (unpaired) electrons. The summed E-state index contributed by atoms with van der Waals surface area (Å²) in [6.45, 7) is 3.08. The Morgan fingerprint density at radius 1 is 1.02 bits per heavy atom. The number of hydrogen-bond donors (Lipinski definition) is 5. The minimum absolute atomic E-state index is 0.152. The number of aliphatic hydroxyl groups excluding tert-OH is 3. The first-order valence-electron chi connectivity index (χ1n) is 14.9. The van der Waals surface area contributed by atoms with E-state index in [4.69, 9.17) is 4.74 Å². The summed E-state index contributed by atoms with van der Waals surface area (Å²) in [5.74, 6) is -1.15. The molecule has 3 amide bonds. The van der Waals surface area contributed by atoms with Crippen LogP contribution >= 0.6 is 11.8 Å². The summed E-state index contributed by atoms with van der Waals surface area (Å²) in [7, 11) is 0. The molecule has 238 valence electrons. The topological polar surface area (TPSA) is 148 Å². The van der Waals surface area contributed by atoms with Crippen LogP contribution in [-0.4, -0.2) is 79.5 Å². The fourth-order valence-electron chi connectivity index (χ4n) is 6.01. The van der Waals surface area contributed by atoms with E-state index in [1.54, 1.807) is 24.3 Å². The van der Waals surface area contributed by atoms with E-state index in [9.17, 15) is 29.7 Å². The lowest BCUT2D eigenvalue weighted by molar-refractivity contribution is -0.148. The average Bonchev–Trinajstić information content (AvgIpc) is 3.53. The Morgan fingerprint density at radius 2 is 1.71 bits per heavy atom. The average molecular weight is 634 g/mol. The number of nitrogens with one attached hydrogen (secondary N) is 2. The maximum Gasteiger partial charge on any atom is 0.258 e. The molecule has 3 aromatic carbocycles. The number of rotatable bonds is 11. The molecule has 45 heavy (non-hydrogen) atoms. The monoisotopic (exact) mass is 633 g/mol. The van der Waals surface area contributed by atoms with Gasteiger partial charge in [-0.05, 0) is 43.0 Å². The van der Waals surface area contributed by atoms with Crippen molar-refractivity contribution in [2.24, 2.45) is 0 Å². The largest absolute Gasteiger partial charge is 0.483 e. The van der Waals surface area contributed by atoms with Gasteiger partial charge in [0.1, 0.15) is 11.8 Å². The number of para-hydroxylation sites is 1. The van der Waals surface area contributed by atoms with Crippen molar-refractivity contribution in [3.63, 3.8) is 0 Å². The van der Waals surface area contributed by atoms with Crippen LogP contribution in [0.15, 0.2) is 78.9 Å². The second-order valence-electron chi connectivity index (χ2n) is 11.9. The number of benzene rings is 3. The van der Waals surface area contributed by atoms with Gasteiger partial charge in [-0.15, -0.1) is 11.8 Å². The zero-order valence-corrected chi connectivity index (χ0v) is 26.1. The molecule has 1 fully saturated rings. The molecule has 1 aliphatic carbocycles. The van der Waals surface area contributed by atoms with E-state index in [1.807, 2.05) is 68.4 Å². The first-order valence-corrected chi connectivity index (χ1v) is 15.9. The van der Waals surface area contributed by atoms with Crippen LogP contribution in [0.2, 0.25) is 0 Å². The molecular formula is C34H39N3O7S. The fraction of sp³-hybridized carbons (Fsp3) is 0.382. The number of ether oxygens (including phenoxy) is 1. The van der Waals surface area contributed by atoms with Gasteiger partial charge in [0.15, 0.2) is 12.7 Å². The van der Waals surface area contributed by atoms with Crippen LogP contribution in [0.3, 0.4) is 0 Å². The van der Waals surface area contributed by atoms with Gasteiger partial charge in [-0.25, -0.2) is 0 Å². The fourth-order valence-corrected chi connectivity index (χ4v) is 7.15. The maximum atomic E-state index is 13.9. The molecule has 0 bridgehead atoms. The van der Waals surface area contributed by atoms with Gasteiger partial charge in [-0.3, -0.25) is 14.4 Å². The van der Waals surface area contributed by atoms with Gasteiger partial charge in [0.05, 0.1) is 30.7 Å². The lowest BCUT2D eigenvalue weighted by atomic mass is 9.96. The highest BCUT2D eigenvalue weighted by Gasteiger charge is 2.50. The van der Waals surface area contributed by atoms with Gasteiger partial charge in [0, 0.05) is 16.7 Å². The zero-order valence-electron chi connectivity index (χ0n) is 25.3. The summed E-state index contributed by atoms with van der Waals surface area (Å²) in [5.41, 5.74) is 3.12. The van der Waals surface area contributed by atoms with Crippen LogP contribution in [0.5, 0.6) is 5.75 Å². The standard InChI is InChI=1S/C34H39N3O7S/c1-34(2)31(32(42)36-29-24-14-8-6-12-22(24)17-26(29)39)37(20-45-34)33(43)30(41)25(16-21-10-4-3-5-11-21)35-28(40)19-44-27-15-9-7-13-23(27)18-38/h3-15,25-26,29-31,38-39,41H,16-20H2,1-2H3,(H,35,40)(H,36,42)/t25-,26+,29-,30-,31+/m0/s1. The Labute approximate surface area is 266 Å². The van der Waals surface area contributed by atoms with E-state index in [0.717, 1.165) is 16.7 Å². The quantitative estimate of drug-likeness (QED) is 0.216. The first kappa shape index (κ1) is 32.5. The molecular weight excluding hydrogens is 594 g/mol. The van der Waals surface area contributed by atoms with Gasteiger partial charge in [0.25, 0.3) is 11.8 Å². The molecule has 5 N–H and O–H groups in total. The first-order chi connectivity index (χ1) is 21.6. The Bertz CT molecular complexity index is 1520. The number of carbonyl (C=O) groups excluding carboxylic acids is 3. The normalized spacial score (nSPS) is 21.4. The molecule has 0 saturated carbocycles. The lowest BCUT2D eigenvalue weighted by Gasteiger charge is -2.34. The molecule has 2 aliphatic rings. The Hall–Kier alpha value is -3.90. The van der Waals surface area contributed by atoms with E-state index in [2.05, 4.69) is 10.6 Å². The van der Waals surface area contributed by atoms with Crippen molar-refractivity contribution in [1.82, 2.24) is 15.5 Å². The highest BCUT2D eigenvalue weighted by atomic mass is 32.2. The molecule has 1 aliphatic heterocycles.